The van der Waals surface area contributed by atoms with Crippen molar-refractivity contribution in [2.24, 2.45) is 10.4 Å². The molecule has 0 saturated heterocycles. The Kier molecular flexibility index (Phi) is 6.58. The topological polar surface area (TPSA) is 15.6 Å². The zero-order valence-corrected chi connectivity index (χ0v) is 17.2. The molecule has 5 heteroatoms. The summed E-state index contributed by atoms with van der Waals surface area (Å²) in [5.74, 6) is 0.385. The molecule has 0 saturated carbocycles. The molecular weight excluding hydrogens is 361 g/mol. The Morgan fingerprint density at radius 3 is 2.25 bits per heavy atom. The van der Waals surface area contributed by atoms with Gasteiger partial charge in [-0.2, -0.15) is 13.2 Å². The highest BCUT2D eigenvalue weighted by molar-refractivity contribution is 5.93. The first-order chi connectivity index (χ1) is 12.8. The number of aryl methyl sites for hydroxylation is 1. The summed E-state index contributed by atoms with van der Waals surface area (Å²) in [4.78, 5) is 6.33. The Morgan fingerprint density at radius 2 is 1.71 bits per heavy atom. The maximum atomic E-state index is 12.9. The molecule has 0 spiro atoms. The van der Waals surface area contributed by atoms with Gasteiger partial charge in [0.15, 0.2) is 0 Å². The van der Waals surface area contributed by atoms with Crippen LogP contribution >= 0.6 is 0 Å². The van der Waals surface area contributed by atoms with Gasteiger partial charge in [-0.3, -0.25) is 0 Å². The van der Waals surface area contributed by atoms with Crippen molar-refractivity contribution in [2.75, 3.05) is 6.54 Å². The van der Waals surface area contributed by atoms with E-state index in [2.05, 4.69) is 38.9 Å². The second-order valence-electron chi connectivity index (χ2n) is 8.60. The lowest BCUT2D eigenvalue weighted by atomic mass is 9.88. The molecule has 2 nitrogen and oxygen atoms in total. The molecule has 1 aromatic carbocycles. The van der Waals surface area contributed by atoms with Crippen molar-refractivity contribution in [1.82, 2.24) is 4.90 Å². The van der Waals surface area contributed by atoms with E-state index in [9.17, 15) is 13.2 Å². The minimum atomic E-state index is -4.23. The first kappa shape index (κ1) is 22.0. The molecule has 0 unspecified atom stereocenters. The maximum Gasteiger partial charge on any atom is 0.389 e. The third-order valence-corrected chi connectivity index (χ3v) is 4.35. The summed E-state index contributed by atoms with van der Waals surface area (Å²) in [7, 11) is 0. The SMILES string of the molecule is C=C(CN1C(=C)C=C(c2ccc(C)cc2)N=C1CCC(F)(F)F)CC(C)(C)C. The number of rotatable bonds is 6. The molecule has 2 rings (SSSR count). The highest BCUT2D eigenvalue weighted by Crippen LogP contribution is 2.31. The van der Waals surface area contributed by atoms with Crippen LogP contribution in [-0.4, -0.2) is 23.5 Å². The number of alkyl halides is 3. The molecule has 0 N–H and O–H groups in total. The molecule has 0 fully saturated rings. The second-order valence-corrected chi connectivity index (χ2v) is 8.60. The van der Waals surface area contributed by atoms with Crippen LogP contribution in [0.4, 0.5) is 13.2 Å². The van der Waals surface area contributed by atoms with Gasteiger partial charge in [0.1, 0.15) is 5.84 Å². The van der Waals surface area contributed by atoms with E-state index in [-0.39, 0.29) is 11.8 Å². The Balaban J connectivity index is 2.29. The largest absolute Gasteiger partial charge is 0.389 e. The van der Waals surface area contributed by atoms with Gasteiger partial charge in [-0.1, -0.05) is 69.3 Å². The van der Waals surface area contributed by atoms with E-state index in [0.29, 0.717) is 23.8 Å². The van der Waals surface area contributed by atoms with Crippen molar-refractivity contribution in [2.45, 2.75) is 53.1 Å². The minimum absolute atomic E-state index is 0.0559. The molecule has 0 atom stereocenters. The summed E-state index contributed by atoms with van der Waals surface area (Å²) in [5.41, 5.74) is 4.25. The lowest BCUT2D eigenvalue weighted by Crippen LogP contribution is -2.34. The first-order valence-electron chi connectivity index (χ1n) is 9.40. The van der Waals surface area contributed by atoms with E-state index in [1.54, 1.807) is 4.90 Å². The van der Waals surface area contributed by atoms with Gasteiger partial charge in [-0.05, 0) is 24.8 Å². The van der Waals surface area contributed by atoms with Gasteiger partial charge >= 0.3 is 6.18 Å². The lowest BCUT2D eigenvalue weighted by molar-refractivity contribution is -0.133. The molecule has 0 amide bonds. The second kappa shape index (κ2) is 8.38. The molecule has 1 aromatic rings. The van der Waals surface area contributed by atoms with Crippen LogP contribution in [0.25, 0.3) is 5.70 Å². The van der Waals surface area contributed by atoms with E-state index < -0.39 is 12.6 Å². The molecule has 1 aliphatic heterocycles. The van der Waals surface area contributed by atoms with E-state index in [1.165, 1.54) is 0 Å². The molecule has 0 bridgehead atoms. The molecule has 0 aliphatic carbocycles. The third kappa shape index (κ3) is 6.70. The van der Waals surface area contributed by atoms with Crippen LogP contribution in [0.3, 0.4) is 0 Å². The summed E-state index contributed by atoms with van der Waals surface area (Å²) in [6.45, 7) is 16.9. The third-order valence-electron chi connectivity index (χ3n) is 4.35. The summed E-state index contributed by atoms with van der Waals surface area (Å²) < 4.78 is 38.6. The predicted molar refractivity (Wildman–Crippen MR) is 111 cm³/mol. The van der Waals surface area contributed by atoms with Gasteiger partial charge in [0, 0.05) is 24.2 Å². The van der Waals surface area contributed by atoms with Gasteiger partial charge in [0.2, 0.25) is 0 Å². The van der Waals surface area contributed by atoms with Gasteiger partial charge in [0.05, 0.1) is 12.1 Å². The standard InChI is InChI=1S/C23H29F3N2/c1-16-7-9-19(10-8-16)20-13-18(3)28(15-17(2)14-22(4,5)6)21(27-20)11-12-23(24,25)26/h7-10,13H,2-3,11-12,14-15H2,1,4-6H3. The van der Waals surface area contributed by atoms with Crippen molar-refractivity contribution >= 4 is 11.5 Å². The number of aliphatic imine (C=N–C) groups is 1. The van der Waals surface area contributed by atoms with Gasteiger partial charge in [-0.15, -0.1) is 0 Å². The number of benzene rings is 1. The van der Waals surface area contributed by atoms with Gasteiger partial charge in [-0.25, -0.2) is 4.99 Å². The van der Waals surface area contributed by atoms with E-state index in [4.69, 9.17) is 0 Å². The highest BCUT2D eigenvalue weighted by atomic mass is 19.4. The van der Waals surface area contributed by atoms with E-state index in [0.717, 1.165) is 23.1 Å². The van der Waals surface area contributed by atoms with Crippen LogP contribution in [0.15, 0.2) is 59.8 Å². The summed E-state index contributed by atoms with van der Waals surface area (Å²) in [5, 5.41) is 0. The monoisotopic (exact) mass is 390 g/mol. The molecular formula is C23H29F3N2. The van der Waals surface area contributed by atoms with Crippen LogP contribution in [0, 0.1) is 12.3 Å². The zero-order valence-electron chi connectivity index (χ0n) is 17.2. The summed E-state index contributed by atoms with van der Waals surface area (Å²) in [6.07, 6.45) is -2.73. The highest BCUT2D eigenvalue weighted by Gasteiger charge is 2.30. The average Bonchev–Trinajstić information content (AvgIpc) is 2.53. The zero-order chi connectivity index (χ0) is 21.1. The number of nitrogens with zero attached hydrogens (tertiary/aromatic N) is 2. The van der Waals surface area contributed by atoms with E-state index >= 15 is 0 Å². The Morgan fingerprint density at radius 1 is 1.11 bits per heavy atom. The molecule has 0 aromatic heterocycles. The number of hydrogen-bond donors (Lipinski definition) is 0. The quantitative estimate of drug-likeness (QED) is 0.482. The fourth-order valence-electron chi connectivity index (χ4n) is 3.17. The average molecular weight is 390 g/mol. The summed E-state index contributed by atoms with van der Waals surface area (Å²) >= 11 is 0. The van der Waals surface area contributed by atoms with E-state index in [1.807, 2.05) is 37.3 Å². The maximum absolute atomic E-state index is 12.9. The van der Waals surface area contributed by atoms with Crippen molar-refractivity contribution < 1.29 is 13.2 Å². The molecule has 1 heterocycles. The number of amidine groups is 1. The van der Waals surface area contributed by atoms with Crippen molar-refractivity contribution in [3.05, 3.63) is 65.9 Å². The Labute approximate surface area is 166 Å². The molecule has 28 heavy (non-hydrogen) atoms. The number of allylic oxidation sites excluding steroid dienone is 1. The minimum Gasteiger partial charge on any atom is -0.326 e. The van der Waals surface area contributed by atoms with Crippen LogP contribution in [0.5, 0.6) is 0 Å². The number of halogens is 3. The molecule has 0 radical (unpaired) electrons. The van der Waals surface area contributed by atoms with Gasteiger partial charge in [0.25, 0.3) is 0 Å². The van der Waals surface area contributed by atoms with Crippen molar-refractivity contribution in [1.29, 1.82) is 0 Å². The first-order valence-corrected chi connectivity index (χ1v) is 9.40. The van der Waals surface area contributed by atoms with Crippen molar-refractivity contribution in [3.63, 3.8) is 0 Å². The fraction of sp³-hybridized carbons (Fsp3) is 0.435. The van der Waals surface area contributed by atoms with Gasteiger partial charge < -0.3 is 4.90 Å². The van der Waals surface area contributed by atoms with Crippen LogP contribution < -0.4 is 0 Å². The Hall–Kier alpha value is -2.30. The Bertz CT molecular complexity index is 791. The smallest absolute Gasteiger partial charge is 0.326 e. The van der Waals surface area contributed by atoms with Crippen LogP contribution in [0.1, 0.15) is 51.2 Å². The summed E-state index contributed by atoms with van der Waals surface area (Å²) in [6, 6.07) is 7.77. The molecule has 152 valence electrons. The fourth-order valence-corrected chi connectivity index (χ4v) is 3.17. The number of hydrogen-bond acceptors (Lipinski definition) is 2. The van der Waals surface area contributed by atoms with Crippen LogP contribution in [0.2, 0.25) is 0 Å². The predicted octanol–water partition coefficient (Wildman–Crippen LogP) is 6.90. The van der Waals surface area contributed by atoms with Crippen LogP contribution in [-0.2, 0) is 0 Å². The molecule has 1 aliphatic rings. The van der Waals surface area contributed by atoms with Crippen molar-refractivity contribution in [3.8, 4) is 0 Å². The lowest BCUT2D eigenvalue weighted by Gasteiger charge is -2.32. The normalized spacial score (nSPS) is 15.4.